The van der Waals surface area contributed by atoms with Crippen LogP contribution in [-0.4, -0.2) is 16.5 Å². The van der Waals surface area contributed by atoms with Gasteiger partial charge in [0.1, 0.15) is 5.75 Å². The molecule has 0 saturated carbocycles. The molecule has 0 spiro atoms. The van der Waals surface area contributed by atoms with Crippen LogP contribution < -0.4 is 4.74 Å². The molecule has 1 aromatic rings. The van der Waals surface area contributed by atoms with Crippen molar-refractivity contribution in [3.63, 3.8) is 0 Å². The minimum absolute atomic E-state index is 0.879. The van der Waals surface area contributed by atoms with Crippen LogP contribution in [0.25, 0.3) is 0 Å². The Morgan fingerprint density at radius 1 is 1.22 bits per heavy atom. The standard InChI is InChI=1S/C7H10OSi/c9-6-8-7-4-2-1-3-5-7/h1-5H,6H2,9H3. The van der Waals surface area contributed by atoms with Crippen LogP contribution in [0.4, 0.5) is 0 Å². The third-order valence-electron chi connectivity index (χ3n) is 1.05. The van der Waals surface area contributed by atoms with Crippen molar-refractivity contribution in [2.45, 2.75) is 0 Å². The van der Waals surface area contributed by atoms with Gasteiger partial charge in [0.25, 0.3) is 0 Å². The van der Waals surface area contributed by atoms with Gasteiger partial charge < -0.3 is 4.74 Å². The van der Waals surface area contributed by atoms with E-state index in [1.165, 1.54) is 0 Å². The van der Waals surface area contributed by atoms with Gasteiger partial charge in [-0.2, -0.15) is 0 Å². The van der Waals surface area contributed by atoms with Crippen molar-refractivity contribution < 1.29 is 4.74 Å². The first-order valence-corrected chi connectivity index (χ1v) is 4.52. The van der Waals surface area contributed by atoms with E-state index in [-0.39, 0.29) is 0 Å². The Bertz CT molecular complexity index is 162. The Balaban J connectivity index is 2.61. The lowest BCUT2D eigenvalue weighted by atomic mass is 10.3. The molecule has 0 saturated heterocycles. The van der Waals surface area contributed by atoms with Crippen LogP contribution in [-0.2, 0) is 0 Å². The summed E-state index contributed by atoms with van der Waals surface area (Å²) in [6.45, 7) is 0. The van der Waals surface area contributed by atoms with Gasteiger partial charge in [-0.3, -0.25) is 0 Å². The van der Waals surface area contributed by atoms with Crippen LogP contribution in [0.1, 0.15) is 0 Å². The molecular formula is C7H10OSi. The Morgan fingerprint density at radius 2 is 1.89 bits per heavy atom. The number of hydrogen-bond acceptors (Lipinski definition) is 1. The number of hydrogen-bond donors (Lipinski definition) is 0. The molecule has 0 heterocycles. The summed E-state index contributed by atoms with van der Waals surface area (Å²) in [6, 6.07) is 9.88. The van der Waals surface area contributed by atoms with E-state index in [9.17, 15) is 0 Å². The second-order valence-corrected chi connectivity index (χ2v) is 2.32. The molecule has 0 radical (unpaired) electrons. The quantitative estimate of drug-likeness (QED) is 0.537. The molecule has 0 bridgehead atoms. The molecule has 9 heavy (non-hydrogen) atoms. The number of para-hydroxylation sites is 1. The monoisotopic (exact) mass is 138 g/mol. The molecule has 0 aliphatic heterocycles. The predicted molar refractivity (Wildman–Crippen MR) is 41.9 cm³/mol. The summed E-state index contributed by atoms with van der Waals surface area (Å²) in [4.78, 5) is 0. The maximum Gasteiger partial charge on any atom is 0.118 e. The molecule has 2 heteroatoms. The molecule has 0 fully saturated rings. The average Bonchev–Trinajstić information content (AvgIpc) is 1.91. The largest absolute Gasteiger partial charge is 0.498 e. The van der Waals surface area contributed by atoms with Crippen molar-refractivity contribution in [2.24, 2.45) is 0 Å². The zero-order valence-corrected chi connectivity index (χ0v) is 7.50. The van der Waals surface area contributed by atoms with Crippen molar-refractivity contribution >= 4 is 10.2 Å². The van der Waals surface area contributed by atoms with E-state index in [1.54, 1.807) is 0 Å². The molecule has 0 atom stereocenters. The summed E-state index contributed by atoms with van der Waals surface area (Å²) in [5.74, 6) is 0.979. The number of rotatable bonds is 2. The highest BCUT2D eigenvalue weighted by Gasteiger charge is 1.83. The van der Waals surface area contributed by atoms with Crippen molar-refractivity contribution in [1.29, 1.82) is 0 Å². The van der Waals surface area contributed by atoms with Crippen LogP contribution in [0.5, 0.6) is 5.75 Å². The molecule has 0 aliphatic carbocycles. The van der Waals surface area contributed by atoms with E-state index in [4.69, 9.17) is 4.74 Å². The molecule has 1 rings (SSSR count). The van der Waals surface area contributed by atoms with Gasteiger partial charge in [-0.1, -0.05) is 18.2 Å². The number of ether oxygens (including phenoxy) is 1. The predicted octanol–water partition coefficient (Wildman–Crippen LogP) is 0.388. The molecule has 0 unspecified atom stereocenters. The van der Waals surface area contributed by atoms with Gasteiger partial charge in [-0.15, -0.1) is 0 Å². The lowest BCUT2D eigenvalue weighted by Crippen LogP contribution is -1.94. The van der Waals surface area contributed by atoms with Crippen molar-refractivity contribution in [1.82, 2.24) is 0 Å². The first-order chi connectivity index (χ1) is 4.43. The lowest BCUT2D eigenvalue weighted by molar-refractivity contribution is 0.387. The van der Waals surface area contributed by atoms with E-state index in [0.717, 1.165) is 22.2 Å². The van der Waals surface area contributed by atoms with Crippen LogP contribution in [0.2, 0.25) is 0 Å². The minimum atomic E-state index is 0.879. The van der Waals surface area contributed by atoms with E-state index in [1.807, 2.05) is 30.3 Å². The third kappa shape index (κ3) is 1.89. The van der Waals surface area contributed by atoms with E-state index in [0.29, 0.717) is 0 Å². The molecule has 1 nitrogen and oxygen atoms in total. The van der Waals surface area contributed by atoms with Gasteiger partial charge in [-0.25, -0.2) is 0 Å². The van der Waals surface area contributed by atoms with Crippen molar-refractivity contribution in [2.75, 3.05) is 6.23 Å². The first-order valence-electron chi connectivity index (χ1n) is 3.11. The van der Waals surface area contributed by atoms with Gasteiger partial charge in [0.05, 0.1) is 16.5 Å². The molecule has 0 aliphatic rings. The SMILES string of the molecule is [SiH3]COc1ccccc1. The van der Waals surface area contributed by atoms with Gasteiger partial charge in [0.15, 0.2) is 0 Å². The highest BCUT2D eigenvalue weighted by Crippen LogP contribution is 2.06. The molecule has 1 aromatic carbocycles. The average molecular weight is 138 g/mol. The second kappa shape index (κ2) is 3.30. The highest BCUT2D eigenvalue weighted by molar-refractivity contribution is 6.08. The Morgan fingerprint density at radius 3 is 2.44 bits per heavy atom. The third-order valence-corrected chi connectivity index (χ3v) is 1.34. The number of benzene rings is 1. The summed E-state index contributed by atoms with van der Waals surface area (Å²) >= 11 is 0. The normalized spacial score (nSPS) is 9.33. The molecule has 0 N–H and O–H groups in total. The zero-order valence-electron chi connectivity index (χ0n) is 5.50. The molecular weight excluding hydrogens is 128 g/mol. The van der Waals surface area contributed by atoms with E-state index >= 15 is 0 Å². The van der Waals surface area contributed by atoms with Crippen LogP contribution in [0.3, 0.4) is 0 Å². The summed E-state index contributed by atoms with van der Waals surface area (Å²) in [5, 5.41) is 0. The van der Waals surface area contributed by atoms with Crippen LogP contribution >= 0.6 is 0 Å². The smallest absolute Gasteiger partial charge is 0.118 e. The minimum Gasteiger partial charge on any atom is -0.498 e. The zero-order chi connectivity index (χ0) is 6.53. The summed E-state index contributed by atoms with van der Waals surface area (Å²) in [6.07, 6.45) is 0.879. The van der Waals surface area contributed by atoms with Crippen molar-refractivity contribution in [3.8, 4) is 5.75 Å². The van der Waals surface area contributed by atoms with Crippen molar-refractivity contribution in [3.05, 3.63) is 30.3 Å². The molecule has 0 amide bonds. The fourth-order valence-corrected chi connectivity index (χ4v) is 1.02. The summed E-state index contributed by atoms with van der Waals surface area (Å²) in [7, 11) is 1.10. The topological polar surface area (TPSA) is 9.23 Å². The highest BCUT2D eigenvalue weighted by atomic mass is 28.1. The Labute approximate surface area is 58.1 Å². The summed E-state index contributed by atoms with van der Waals surface area (Å²) < 4.78 is 5.27. The van der Waals surface area contributed by atoms with Gasteiger partial charge in [-0.05, 0) is 12.1 Å². The van der Waals surface area contributed by atoms with Gasteiger partial charge >= 0.3 is 0 Å². The van der Waals surface area contributed by atoms with Gasteiger partial charge in [0.2, 0.25) is 0 Å². The first kappa shape index (κ1) is 6.36. The van der Waals surface area contributed by atoms with Crippen LogP contribution in [0.15, 0.2) is 30.3 Å². The van der Waals surface area contributed by atoms with Gasteiger partial charge in [0, 0.05) is 0 Å². The van der Waals surface area contributed by atoms with E-state index in [2.05, 4.69) is 0 Å². The maximum atomic E-state index is 5.27. The fourth-order valence-electron chi connectivity index (χ4n) is 0.683. The maximum absolute atomic E-state index is 5.27. The van der Waals surface area contributed by atoms with Crippen LogP contribution in [0, 0.1) is 0 Å². The van der Waals surface area contributed by atoms with E-state index < -0.39 is 0 Å². The molecule has 48 valence electrons. The molecule has 0 aromatic heterocycles. The second-order valence-electron chi connectivity index (χ2n) is 1.75. The Hall–Kier alpha value is -0.763. The lowest BCUT2D eigenvalue weighted by Gasteiger charge is -1.99. The fraction of sp³-hybridized carbons (Fsp3) is 0.143. The Kier molecular flexibility index (Phi) is 2.33. The summed E-state index contributed by atoms with van der Waals surface area (Å²) in [5.41, 5.74) is 0.